The highest BCUT2D eigenvalue weighted by molar-refractivity contribution is 7.90. The summed E-state index contributed by atoms with van der Waals surface area (Å²) >= 11 is 0. The van der Waals surface area contributed by atoms with Crippen molar-refractivity contribution in [3.63, 3.8) is 0 Å². The molecule has 4 fully saturated rings. The van der Waals surface area contributed by atoms with Gasteiger partial charge in [0.05, 0.1) is 11.8 Å². The Morgan fingerprint density at radius 1 is 1.23 bits per heavy atom. The zero-order valence-electron chi connectivity index (χ0n) is 16.1. The number of carbonyl (C=O) groups excluding carboxylic acids is 1. The molecule has 2 saturated carbocycles. The first-order valence-corrected chi connectivity index (χ1v) is 11.8. The van der Waals surface area contributed by atoms with Gasteiger partial charge in [0, 0.05) is 11.5 Å². The molecule has 0 radical (unpaired) electrons. The standard InChI is InChI=1S/C19H32N2O4S/c1-4-6-14-7-5-8-15(20(14)23)17(22)21-16-11-13-9-10-19(16,18(13,2)3)12-26(21,24)25/h13-16,23H,4-12H2,1-3H3/t13-,14-,15-,16-,19-/m0/s1. The molecule has 2 aliphatic carbocycles. The average Bonchev–Trinajstić information content (AvgIpc) is 3.04. The molecule has 0 aromatic rings. The molecule has 7 heteroatoms. The number of amides is 1. The van der Waals surface area contributed by atoms with E-state index in [0.29, 0.717) is 12.3 Å². The van der Waals surface area contributed by atoms with Crippen LogP contribution >= 0.6 is 0 Å². The van der Waals surface area contributed by atoms with Gasteiger partial charge in [-0.3, -0.25) is 4.79 Å². The molecule has 2 bridgehead atoms. The first-order valence-electron chi connectivity index (χ1n) is 10.2. The van der Waals surface area contributed by atoms with E-state index in [1.54, 1.807) is 0 Å². The Labute approximate surface area is 156 Å². The number of rotatable bonds is 3. The quantitative estimate of drug-likeness (QED) is 0.809. The van der Waals surface area contributed by atoms with Crippen molar-refractivity contribution in [3.8, 4) is 0 Å². The Balaban J connectivity index is 1.64. The Morgan fingerprint density at radius 3 is 2.62 bits per heavy atom. The topological polar surface area (TPSA) is 77.9 Å². The minimum absolute atomic E-state index is 0.0431. The maximum atomic E-state index is 13.3. The van der Waals surface area contributed by atoms with E-state index in [1.165, 1.54) is 9.37 Å². The van der Waals surface area contributed by atoms with E-state index < -0.39 is 22.0 Å². The van der Waals surface area contributed by atoms with Gasteiger partial charge in [-0.05, 0) is 56.3 Å². The third-order valence-corrected chi connectivity index (χ3v) is 10.2. The molecule has 2 aliphatic heterocycles. The molecule has 0 aromatic heterocycles. The lowest BCUT2D eigenvalue weighted by atomic mass is 9.69. The zero-order valence-corrected chi connectivity index (χ0v) is 17.0. The fourth-order valence-electron chi connectivity index (χ4n) is 6.64. The predicted molar refractivity (Wildman–Crippen MR) is 97.9 cm³/mol. The van der Waals surface area contributed by atoms with Gasteiger partial charge in [0.25, 0.3) is 5.91 Å². The molecule has 4 rings (SSSR count). The molecule has 0 aromatic carbocycles. The van der Waals surface area contributed by atoms with Crippen LogP contribution in [0.25, 0.3) is 0 Å². The summed E-state index contributed by atoms with van der Waals surface area (Å²) in [5.74, 6) is 0.192. The lowest BCUT2D eigenvalue weighted by Gasteiger charge is -2.40. The highest BCUT2D eigenvalue weighted by Gasteiger charge is 2.72. The third kappa shape index (κ3) is 2.29. The summed E-state index contributed by atoms with van der Waals surface area (Å²) in [6, 6.07) is -0.973. The Hall–Kier alpha value is -0.660. The van der Waals surface area contributed by atoms with E-state index in [2.05, 4.69) is 20.8 Å². The van der Waals surface area contributed by atoms with Gasteiger partial charge in [-0.1, -0.05) is 27.2 Å². The van der Waals surface area contributed by atoms with Crippen molar-refractivity contribution in [1.82, 2.24) is 9.37 Å². The molecule has 1 spiro atoms. The van der Waals surface area contributed by atoms with Crippen molar-refractivity contribution < 1.29 is 18.4 Å². The molecule has 26 heavy (non-hydrogen) atoms. The number of hydroxylamine groups is 2. The summed E-state index contributed by atoms with van der Waals surface area (Å²) in [5.41, 5.74) is -0.347. The van der Waals surface area contributed by atoms with E-state index >= 15 is 0 Å². The van der Waals surface area contributed by atoms with Crippen molar-refractivity contribution in [3.05, 3.63) is 0 Å². The molecule has 6 nitrogen and oxygen atoms in total. The smallest absolute Gasteiger partial charge is 0.256 e. The van der Waals surface area contributed by atoms with Gasteiger partial charge >= 0.3 is 0 Å². The van der Waals surface area contributed by atoms with Crippen molar-refractivity contribution in [1.29, 1.82) is 0 Å². The minimum atomic E-state index is -3.62. The Morgan fingerprint density at radius 2 is 1.96 bits per heavy atom. The molecular weight excluding hydrogens is 352 g/mol. The summed E-state index contributed by atoms with van der Waals surface area (Å²) in [7, 11) is -3.62. The number of nitrogens with zero attached hydrogens (tertiary/aromatic N) is 2. The van der Waals surface area contributed by atoms with Crippen LogP contribution in [0.3, 0.4) is 0 Å². The van der Waals surface area contributed by atoms with Gasteiger partial charge in [-0.15, -0.1) is 0 Å². The number of sulfonamides is 1. The van der Waals surface area contributed by atoms with E-state index in [1.807, 2.05) is 0 Å². The van der Waals surface area contributed by atoms with Crippen molar-refractivity contribution in [2.75, 3.05) is 5.75 Å². The van der Waals surface area contributed by atoms with E-state index in [0.717, 1.165) is 44.9 Å². The van der Waals surface area contributed by atoms with E-state index in [4.69, 9.17) is 0 Å². The first kappa shape index (κ1) is 18.7. The van der Waals surface area contributed by atoms with Gasteiger partial charge in [0.15, 0.2) is 0 Å². The van der Waals surface area contributed by atoms with Gasteiger partial charge in [0.1, 0.15) is 6.04 Å². The fourth-order valence-corrected chi connectivity index (χ4v) is 9.21. The zero-order chi connectivity index (χ0) is 18.9. The van der Waals surface area contributed by atoms with Gasteiger partial charge < -0.3 is 5.21 Å². The van der Waals surface area contributed by atoms with Crippen LogP contribution in [0.15, 0.2) is 0 Å². The summed E-state index contributed by atoms with van der Waals surface area (Å²) in [4.78, 5) is 13.3. The minimum Gasteiger partial charge on any atom is -0.313 e. The second kappa shape index (κ2) is 5.92. The monoisotopic (exact) mass is 384 g/mol. The lowest BCUT2D eigenvalue weighted by Crippen LogP contribution is -2.55. The summed E-state index contributed by atoms with van der Waals surface area (Å²) in [5, 5.41) is 11.8. The maximum Gasteiger partial charge on any atom is 0.256 e. The molecule has 1 amide bonds. The molecule has 1 N–H and O–H groups in total. The van der Waals surface area contributed by atoms with Crippen LogP contribution in [0.2, 0.25) is 0 Å². The molecule has 0 unspecified atom stereocenters. The van der Waals surface area contributed by atoms with Gasteiger partial charge in [-0.25, -0.2) is 12.7 Å². The summed E-state index contributed by atoms with van der Waals surface area (Å²) in [6.45, 7) is 6.43. The molecule has 148 valence electrons. The number of hydrogen-bond acceptors (Lipinski definition) is 5. The van der Waals surface area contributed by atoms with Crippen LogP contribution in [-0.4, -0.2) is 52.8 Å². The predicted octanol–water partition coefficient (Wildman–Crippen LogP) is 2.77. The Bertz CT molecular complexity index is 704. The molecule has 4 aliphatic rings. The summed E-state index contributed by atoms with van der Waals surface area (Å²) < 4.78 is 27.3. The van der Waals surface area contributed by atoms with Crippen LogP contribution < -0.4 is 0 Å². The van der Waals surface area contributed by atoms with Crippen LogP contribution in [0, 0.1) is 16.7 Å². The largest absolute Gasteiger partial charge is 0.313 e. The van der Waals surface area contributed by atoms with E-state index in [-0.39, 0.29) is 28.7 Å². The van der Waals surface area contributed by atoms with Gasteiger partial charge in [-0.2, -0.15) is 5.06 Å². The molecule has 5 atom stereocenters. The average molecular weight is 385 g/mol. The van der Waals surface area contributed by atoms with Crippen molar-refractivity contribution >= 4 is 15.9 Å². The lowest BCUT2D eigenvalue weighted by molar-refractivity contribution is -0.190. The summed E-state index contributed by atoms with van der Waals surface area (Å²) in [6.07, 6.45) is 6.77. The van der Waals surface area contributed by atoms with Crippen LogP contribution in [-0.2, 0) is 14.8 Å². The second-order valence-electron chi connectivity index (χ2n) is 9.52. The highest BCUT2D eigenvalue weighted by Crippen LogP contribution is 2.70. The normalized spacial score (nSPS) is 43.6. The van der Waals surface area contributed by atoms with Gasteiger partial charge in [0.2, 0.25) is 10.0 Å². The molecular formula is C19H32N2O4S. The first-order chi connectivity index (χ1) is 12.2. The Kier molecular flexibility index (Phi) is 4.25. The van der Waals surface area contributed by atoms with Crippen LogP contribution in [0.1, 0.15) is 72.1 Å². The fraction of sp³-hybridized carbons (Fsp3) is 0.947. The maximum absolute atomic E-state index is 13.3. The third-order valence-electron chi connectivity index (χ3n) is 8.24. The number of carbonyl (C=O) groups is 1. The highest BCUT2D eigenvalue weighted by atomic mass is 32.2. The SMILES string of the molecule is CCC[C@H]1CCC[C@@H](C(=O)N2[C@H]3C[C@@H]4CC[C@@]3(CS2(=O)=O)C4(C)C)N1O. The number of piperidine rings is 1. The van der Waals surface area contributed by atoms with E-state index in [9.17, 15) is 18.4 Å². The van der Waals surface area contributed by atoms with Crippen LogP contribution in [0.4, 0.5) is 0 Å². The second-order valence-corrected chi connectivity index (χ2v) is 11.4. The molecule has 2 heterocycles. The van der Waals surface area contributed by atoms with Crippen molar-refractivity contribution in [2.24, 2.45) is 16.7 Å². The molecule has 2 saturated heterocycles. The van der Waals surface area contributed by atoms with Crippen molar-refractivity contribution in [2.45, 2.75) is 90.3 Å². The van der Waals surface area contributed by atoms with Crippen LogP contribution in [0.5, 0.6) is 0 Å². The number of hydrogen-bond donors (Lipinski definition) is 1. The number of fused-ring (bicyclic) bond motifs is 1.